The molecule has 0 unspecified atom stereocenters. The van der Waals surface area contributed by atoms with Crippen molar-refractivity contribution in [2.45, 2.75) is 6.42 Å². The van der Waals surface area contributed by atoms with Gasteiger partial charge in [-0.3, -0.25) is 4.79 Å². The molecular formula is C16H14ClNO4. The first-order chi connectivity index (χ1) is 10.7. The summed E-state index contributed by atoms with van der Waals surface area (Å²) < 4.78 is 15.6. The average Bonchev–Trinajstić information content (AvgIpc) is 2.96. The number of fused-ring (bicyclic) bond motifs is 1. The molecule has 0 aliphatic carbocycles. The van der Waals surface area contributed by atoms with Gasteiger partial charge in [-0.15, -0.1) is 0 Å². The van der Waals surface area contributed by atoms with Gasteiger partial charge < -0.3 is 19.5 Å². The van der Waals surface area contributed by atoms with E-state index in [1.807, 2.05) is 0 Å². The van der Waals surface area contributed by atoms with Crippen LogP contribution >= 0.6 is 11.6 Å². The molecule has 1 aliphatic rings. The van der Waals surface area contributed by atoms with Gasteiger partial charge in [0.25, 0.3) is 0 Å². The van der Waals surface area contributed by atoms with Crippen LogP contribution in [0.1, 0.15) is 5.56 Å². The number of hydrogen-bond donors (Lipinski definition) is 1. The lowest BCUT2D eigenvalue weighted by molar-refractivity contribution is -0.115. The highest BCUT2D eigenvalue weighted by Crippen LogP contribution is 2.34. The first-order valence-electron chi connectivity index (χ1n) is 6.67. The van der Waals surface area contributed by atoms with Gasteiger partial charge in [0.1, 0.15) is 5.75 Å². The number of amides is 1. The summed E-state index contributed by atoms with van der Waals surface area (Å²) in [6, 6.07) is 10.5. The van der Waals surface area contributed by atoms with Crippen LogP contribution in [0.25, 0.3) is 0 Å². The van der Waals surface area contributed by atoms with Crippen LogP contribution in [0.2, 0.25) is 5.02 Å². The van der Waals surface area contributed by atoms with E-state index in [0.29, 0.717) is 28.0 Å². The number of nitrogens with one attached hydrogen (secondary N) is 1. The van der Waals surface area contributed by atoms with Crippen LogP contribution in [0.3, 0.4) is 0 Å². The van der Waals surface area contributed by atoms with Crippen molar-refractivity contribution in [2.24, 2.45) is 0 Å². The zero-order valence-electron chi connectivity index (χ0n) is 11.9. The molecule has 114 valence electrons. The molecule has 5 nitrogen and oxygen atoms in total. The predicted octanol–water partition coefficient (Wildman–Crippen LogP) is 3.26. The molecule has 0 saturated carbocycles. The van der Waals surface area contributed by atoms with Gasteiger partial charge in [-0.05, 0) is 29.8 Å². The van der Waals surface area contributed by atoms with Gasteiger partial charge in [-0.25, -0.2) is 0 Å². The Morgan fingerprint density at radius 3 is 2.82 bits per heavy atom. The van der Waals surface area contributed by atoms with Crippen LogP contribution < -0.4 is 19.5 Å². The van der Waals surface area contributed by atoms with E-state index in [4.69, 9.17) is 25.8 Å². The molecule has 1 aliphatic heterocycles. The Labute approximate surface area is 132 Å². The molecule has 0 radical (unpaired) electrons. The Kier molecular flexibility index (Phi) is 4.06. The number of halogens is 1. The van der Waals surface area contributed by atoms with E-state index in [1.165, 1.54) is 0 Å². The van der Waals surface area contributed by atoms with E-state index in [-0.39, 0.29) is 19.1 Å². The summed E-state index contributed by atoms with van der Waals surface area (Å²) in [7, 11) is 1.57. The zero-order chi connectivity index (χ0) is 15.5. The predicted molar refractivity (Wildman–Crippen MR) is 82.9 cm³/mol. The number of carbonyl (C=O) groups excluding carboxylic acids is 1. The number of rotatable bonds is 4. The van der Waals surface area contributed by atoms with Crippen LogP contribution in [0.5, 0.6) is 17.2 Å². The summed E-state index contributed by atoms with van der Waals surface area (Å²) >= 11 is 6.14. The molecule has 0 fully saturated rings. The first kappa shape index (κ1) is 14.5. The maximum absolute atomic E-state index is 12.1. The number of anilines is 1. The molecule has 0 atom stereocenters. The Balaban J connectivity index is 1.67. The highest BCUT2D eigenvalue weighted by Gasteiger charge is 2.14. The smallest absolute Gasteiger partial charge is 0.231 e. The monoisotopic (exact) mass is 319 g/mol. The largest absolute Gasteiger partial charge is 0.497 e. The van der Waals surface area contributed by atoms with Crippen molar-refractivity contribution < 1.29 is 19.0 Å². The molecule has 22 heavy (non-hydrogen) atoms. The van der Waals surface area contributed by atoms with Gasteiger partial charge in [0, 0.05) is 16.8 Å². The number of methoxy groups -OCH3 is 1. The zero-order valence-corrected chi connectivity index (χ0v) is 12.6. The maximum Gasteiger partial charge on any atom is 0.231 e. The average molecular weight is 320 g/mol. The minimum atomic E-state index is -0.161. The number of hydrogen-bond acceptors (Lipinski definition) is 4. The van der Waals surface area contributed by atoms with Crippen LogP contribution in [0.4, 0.5) is 5.69 Å². The molecule has 0 spiro atoms. The lowest BCUT2D eigenvalue weighted by Gasteiger charge is -2.08. The molecule has 2 aromatic carbocycles. The lowest BCUT2D eigenvalue weighted by Crippen LogP contribution is -2.14. The van der Waals surface area contributed by atoms with Crippen molar-refractivity contribution >= 4 is 23.2 Å². The molecule has 0 bridgehead atoms. The summed E-state index contributed by atoms with van der Waals surface area (Å²) in [5.74, 6) is 1.80. The molecular weight excluding hydrogens is 306 g/mol. The van der Waals surface area contributed by atoms with Crippen molar-refractivity contribution in [3.05, 3.63) is 47.0 Å². The fraction of sp³-hybridized carbons (Fsp3) is 0.188. The highest BCUT2D eigenvalue weighted by molar-refractivity contribution is 6.31. The number of ether oxygens (including phenoxy) is 3. The fourth-order valence-corrected chi connectivity index (χ4v) is 2.39. The Bertz CT molecular complexity index is 717. The van der Waals surface area contributed by atoms with Crippen molar-refractivity contribution in [1.29, 1.82) is 0 Å². The Morgan fingerprint density at radius 2 is 2.05 bits per heavy atom. The molecule has 6 heteroatoms. The molecule has 1 amide bonds. The summed E-state index contributed by atoms with van der Waals surface area (Å²) in [4.78, 5) is 12.1. The second-order valence-corrected chi connectivity index (χ2v) is 5.16. The van der Waals surface area contributed by atoms with Gasteiger partial charge in [0.15, 0.2) is 11.5 Å². The quantitative estimate of drug-likeness (QED) is 0.939. The van der Waals surface area contributed by atoms with Gasteiger partial charge in [-0.1, -0.05) is 17.7 Å². The minimum absolute atomic E-state index is 0.161. The first-order valence-corrected chi connectivity index (χ1v) is 7.05. The fourth-order valence-electron chi connectivity index (χ4n) is 2.15. The highest BCUT2D eigenvalue weighted by atomic mass is 35.5. The van der Waals surface area contributed by atoms with Crippen molar-refractivity contribution in [1.82, 2.24) is 0 Å². The van der Waals surface area contributed by atoms with Gasteiger partial charge in [0.2, 0.25) is 12.7 Å². The van der Waals surface area contributed by atoms with Crippen LogP contribution in [0, 0.1) is 0 Å². The maximum atomic E-state index is 12.1. The number of carbonyl (C=O) groups is 1. The topological polar surface area (TPSA) is 56.8 Å². The van der Waals surface area contributed by atoms with Crippen LogP contribution in [-0.4, -0.2) is 19.8 Å². The van der Waals surface area contributed by atoms with Crippen molar-refractivity contribution in [2.75, 3.05) is 19.2 Å². The second kappa shape index (κ2) is 6.15. The van der Waals surface area contributed by atoms with E-state index in [2.05, 4.69) is 5.32 Å². The molecule has 1 heterocycles. The van der Waals surface area contributed by atoms with Gasteiger partial charge in [0.05, 0.1) is 13.5 Å². The van der Waals surface area contributed by atoms with Gasteiger partial charge >= 0.3 is 0 Å². The molecule has 2 aromatic rings. The Morgan fingerprint density at radius 1 is 1.23 bits per heavy atom. The molecule has 3 rings (SSSR count). The summed E-state index contributed by atoms with van der Waals surface area (Å²) in [6.07, 6.45) is 0.178. The molecule has 0 saturated heterocycles. The summed E-state index contributed by atoms with van der Waals surface area (Å²) in [5, 5.41) is 3.31. The standard InChI is InChI=1S/C16H14ClNO4/c1-20-12-4-2-10(13(17)8-12)6-16(19)18-11-3-5-14-15(7-11)22-9-21-14/h2-5,7-8H,6,9H2,1H3,(H,18,19). The van der Waals surface area contributed by atoms with Crippen molar-refractivity contribution in [3.63, 3.8) is 0 Å². The SMILES string of the molecule is COc1ccc(CC(=O)Nc2ccc3c(c2)OCO3)c(Cl)c1. The van der Waals surface area contributed by atoms with Gasteiger partial charge in [-0.2, -0.15) is 0 Å². The van der Waals surface area contributed by atoms with Crippen LogP contribution in [0.15, 0.2) is 36.4 Å². The third-order valence-electron chi connectivity index (χ3n) is 3.27. The molecule has 1 N–H and O–H groups in total. The summed E-state index contributed by atoms with van der Waals surface area (Å²) in [5.41, 5.74) is 1.39. The molecule has 0 aromatic heterocycles. The normalized spacial score (nSPS) is 12.1. The van der Waals surface area contributed by atoms with E-state index < -0.39 is 0 Å². The second-order valence-electron chi connectivity index (χ2n) is 4.75. The third-order valence-corrected chi connectivity index (χ3v) is 3.62. The Hall–Kier alpha value is -2.40. The minimum Gasteiger partial charge on any atom is -0.497 e. The van der Waals surface area contributed by atoms with Crippen LogP contribution in [-0.2, 0) is 11.2 Å². The van der Waals surface area contributed by atoms with Crippen molar-refractivity contribution in [3.8, 4) is 17.2 Å². The summed E-state index contributed by atoms with van der Waals surface area (Å²) in [6.45, 7) is 0.203. The van der Waals surface area contributed by atoms with E-state index in [1.54, 1.807) is 43.5 Å². The number of benzene rings is 2. The van der Waals surface area contributed by atoms with E-state index >= 15 is 0 Å². The van der Waals surface area contributed by atoms with E-state index in [9.17, 15) is 4.79 Å². The lowest BCUT2D eigenvalue weighted by atomic mass is 10.1. The third kappa shape index (κ3) is 3.09. The van der Waals surface area contributed by atoms with E-state index in [0.717, 1.165) is 5.56 Å².